The maximum atomic E-state index is 14.1. The molecular formula is C27H35FN2. The number of halogens is 1. The fourth-order valence-corrected chi connectivity index (χ4v) is 5.18. The summed E-state index contributed by atoms with van der Waals surface area (Å²) in [4.78, 5) is 0. The van der Waals surface area contributed by atoms with Crippen LogP contribution in [0.4, 0.5) is 4.39 Å². The van der Waals surface area contributed by atoms with Crippen molar-refractivity contribution in [3.8, 4) is 11.1 Å². The van der Waals surface area contributed by atoms with Crippen molar-refractivity contribution in [3.63, 3.8) is 0 Å². The normalized spacial score (nSPS) is 21.6. The van der Waals surface area contributed by atoms with Gasteiger partial charge in [-0.2, -0.15) is 5.10 Å². The van der Waals surface area contributed by atoms with E-state index in [1.54, 1.807) is 6.07 Å². The molecule has 0 saturated heterocycles. The average molecular weight is 407 g/mol. The van der Waals surface area contributed by atoms with Gasteiger partial charge in [0.25, 0.3) is 0 Å². The van der Waals surface area contributed by atoms with E-state index in [4.69, 9.17) is 5.10 Å². The second-order valence-electron chi connectivity index (χ2n) is 9.07. The third-order valence-electron chi connectivity index (χ3n) is 6.95. The lowest BCUT2D eigenvalue weighted by molar-refractivity contribution is 0.240. The van der Waals surface area contributed by atoms with E-state index >= 15 is 0 Å². The Morgan fingerprint density at radius 1 is 1.10 bits per heavy atom. The first-order valence-corrected chi connectivity index (χ1v) is 11.9. The van der Waals surface area contributed by atoms with Gasteiger partial charge in [0.1, 0.15) is 5.82 Å². The molecule has 1 aromatic carbocycles. The van der Waals surface area contributed by atoms with Crippen LogP contribution < -0.4 is 0 Å². The van der Waals surface area contributed by atoms with Gasteiger partial charge in [-0.05, 0) is 67.2 Å². The van der Waals surface area contributed by atoms with E-state index in [-0.39, 0.29) is 5.82 Å². The van der Waals surface area contributed by atoms with Crippen molar-refractivity contribution in [1.82, 2.24) is 9.78 Å². The first-order valence-electron chi connectivity index (χ1n) is 11.9. The second kappa shape index (κ2) is 9.76. The Bertz CT molecular complexity index is 913. The molecule has 160 valence electrons. The molecule has 3 heteroatoms. The molecular weight excluding hydrogens is 371 g/mol. The van der Waals surface area contributed by atoms with Gasteiger partial charge in [-0.1, -0.05) is 69.9 Å². The quantitative estimate of drug-likeness (QED) is 0.463. The fraction of sp³-hybridized carbons (Fsp3) is 0.519. The van der Waals surface area contributed by atoms with E-state index < -0.39 is 0 Å². The number of hydrogen-bond donors (Lipinski definition) is 0. The molecule has 2 nitrogen and oxygen atoms in total. The van der Waals surface area contributed by atoms with Crippen LogP contribution in [0.2, 0.25) is 0 Å². The lowest BCUT2D eigenvalue weighted by Crippen LogP contribution is -2.20. The van der Waals surface area contributed by atoms with Crippen LogP contribution in [0.3, 0.4) is 0 Å². The molecule has 0 spiro atoms. The molecule has 1 saturated carbocycles. The minimum absolute atomic E-state index is 0.177. The third kappa shape index (κ3) is 4.61. The summed E-state index contributed by atoms with van der Waals surface area (Å²) in [6, 6.07) is 7.07. The zero-order valence-electron chi connectivity index (χ0n) is 18.5. The number of benzene rings is 1. The number of nitrogens with zero attached hydrogens (tertiary/aromatic N) is 2. The van der Waals surface area contributed by atoms with E-state index in [1.165, 1.54) is 49.4 Å². The minimum Gasteiger partial charge on any atom is -0.268 e. The zero-order chi connectivity index (χ0) is 20.9. The van der Waals surface area contributed by atoms with Crippen molar-refractivity contribution < 1.29 is 4.39 Å². The Morgan fingerprint density at radius 3 is 2.57 bits per heavy atom. The predicted octanol–water partition coefficient (Wildman–Crippen LogP) is 7.59. The number of rotatable bonds is 7. The molecule has 30 heavy (non-hydrogen) atoms. The first-order chi connectivity index (χ1) is 14.7. The summed E-state index contributed by atoms with van der Waals surface area (Å²) in [5.74, 6) is 1.44. The van der Waals surface area contributed by atoms with Crippen molar-refractivity contribution in [1.29, 1.82) is 0 Å². The molecule has 0 N–H and O–H groups in total. The average Bonchev–Trinajstić information content (AvgIpc) is 3.13. The Balaban J connectivity index is 1.74. The smallest absolute Gasteiger partial charge is 0.123 e. The van der Waals surface area contributed by atoms with Crippen LogP contribution in [0.15, 0.2) is 42.5 Å². The van der Waals surface area contributed by atoms with Gasteiger partial charge in [0.15, 0.2) is 0 Å². The maximum absolute atomic E-state index is 14.1. The molecule has 2 aromatic rings. The highest BCUT2D eigenvalue weighted by atomic mass is 19.1. The molecule has 0 atom stereocenters. The summed E-state index contributed by atoms with van der Waals surface area (Å²) in [6.07, 6.45) is 17.3. The van der Waals surface area contributed by atoms with Gasteiger partial charge in [0, 0.05) is 17.8 Å². The molecule has 4 rings (SSSR count). The Morgan fingerprint density at radius 2 is 1.90 bits per heavy atom. The molecule has 2 aliphatic carbocycles. The van der Waals surface area contributed by atoms with Crippen molar-refractivity contribution in [2.75, 3.05) is 0 Å². The van der Waals surface area contributed by atoms with Crippen LogP contribution in [-0.4, -0.2) is 9.78 Å². The van der Waals surface area contributed by atoms with Gasteiger partial charge < -0.3 is 0 Å². The Hall–Kier alpha value is -2.16. The standard InChI is InChI=1S/C27H35FN2/c1-3-9-25-26(23-12-8-13-24(28)18-23)27(22-10-6-5-7-11-22)29-30(25)19-21-16-14-20(4-2)15-17-21/h5-6,8,10,12-13,18,20-21H,3-4,7,9,11,14-17,19H2,1-2H3. The molecule has 0 aliphatic heterocycles. The van der Waals surface area contributed by atoms with Gasteiger partial charge in [0.2, 0.25) is 0 Å². The monoisotopic (exact) mass is 406 g/mol. The number of hydrogen-bond acceptors (Lipinski definition) is 1. The largest absolute Gasteiger partial charge is 0.268 e. The van der Waals surface area contributed by atoms with Gasteiger partial charge in [-0.15, -0.1) is 0 Å². The third-order valence-corrected chi connectivity index (χ3v) is 6.95. The lowest BCUT2D eigenvalue weighted by atomic mass is 9.81. The van der Waals surface area contributed by atoms with E-state index in [9.17, 15) is 4.39 Å². The summed E-state index contributed by atoms with van der Waals surface area (Å²) >= 11 is 0. The molecule has 0 amide bonds. The number of allylic oxidation sites excluding steroid dienone is 4. The second-order valence-corrected chi connectivity index (χ2v) is 9.07. The molecule has 0 bridgehead atoms. The van der Waals surface area contributed by atoms with Gasteiger partial charge in [-0.25, -0.2) is 4.39 Å². The lowest BCUT2D eigenvalue weighted by Gasteiger charge is -2.28. The Labute approximate surface area is 180 Å². The summed E-state index contributed by atoms with van der Waals surface area (Å²) in [6.45, 7) is 5.54. The number of aromatic nitrogens is 2. The van der Waals surface area contributed by atoms with Crippen LogP contribution in [0.25, 0.3) is 16.7 Å². The summed E-state index contributed by atoms with van der Waals surface area (Å²) in [5, 5.41) is 5.18. The van der Waals surface area contributed by atoms with Gasteiger partial charge >= 0.3 is 0 Å². The summed E-state index contributed by atoms with van der Waals surface area (Å²) in [7, 11) is 0. The highest BCUT2D eigenvalue weighted by molar-refractivity contribution is 5.82. The van der Waals surface area contributed by atoms with Gasteiger partial charge in [-0.3, -0.25) is 4.68 Å². The van der Waals surface area contributed by atoms with Crippen LogP contribution in [0.1, 0.15) is 76.6 Å². The highest BCUT2D eigenvalue weighted by Gasteiger charge is 2.25. The van der Waals surface area contributed by atoms with Gasteiger partial charge in [0.05, 0.1) is 5.69 Å². The molecule has 1 fully saturated rings. The van der Waals surface area contributed by atoms with Crippen molar-refractivity contribution in [3.05, 3.63) is 59.7 Å². The van der Waals surface area contributed by atoms with Crippen LogP contribution in [-0.2, 0) is 13.0 Å². The molecule has 2 aliphatic rings. The maximum Gasteiger partial charge on any atom is 0.123 e. The van der Waals surface area contributed by atoms with E-state index in [0.29, 0.717) is 5.92 Å². The van der Waals surface area contributed by atoms with Crippen molar-refractivity contribution in [2.45, 2.75) is 78.2 Å². The van der Waals surface area contributed by atoms with Crippen LogP contribution in [0, 0.1) is 17.7 Å². The van der Waals surface area contributed by atoms with Crippen molar-refractivity contribution in [2.24, 2.45) is 11.8 Å². The topological polar surface area (TPSA) is 17.8 Å². The molecule has 1 heterocycles. The molecule has 0 radical (unpaired) electrons. The molecule has 0 unspecified atom stereocenters. The SMILES string of the molecule is CCCc1c(-c2cccc(F)c2)c(C2=CC=CCC2)nn1CC1CCC(CC)CC1. The molecule has 1 aromatic heterocycles. The van der Waals surface area contributed by atoms with E-state index in [2.05, 4.69) is 36.8 Å². The predicted molar refractivity (Wildman–Crippen MR) is 124 cm³/mol. The fourth-order valence-electron chi connectivity index (χ4n) is 5.18. The van der Waals surface area contributed by atoms with Crippen LogP contribution >= 0.6 is 0 Å². The van der Waals surface area contributed by atoms with Crippen LogP contribution in [0.5, 0.6) is 0 Å². The van der Waals surface area contributed by atoms with E-state index in [1.807, 2.05) is 12.1 Å². The summed E-state index contributed by atoms with van der Waals surface area (Å²) < 4.78 is 16.4. The Kier molecular flexibility index (Phi) is 6.86. The highest BCUT2D eigenvalue weighted by Crippen LogP contribution is 2.38. The summed E-state index contributed by atoms with van der Waals surface area (Å²) in [5.41, 5.74) is 5.74. The van der Waals surface area contributed by atoms with Crippen molar-refractivity contribution >= 4 is 5.57 Å². The first kappa shape index (κ1) is 21.1. The minimum atomic E-state index is -0.177. The zero-order valence-corrected chi connectivity index (χ0v) is 18.5. The van der Waals surface area contributed by atoms with E-state index in [0.717, 1.165) is 55.0 Å².